The Morgan fingerprint density at radius 2 is 1.78 bits per heavy atom. The van der Waals surface area contributed by atoms with Gasteiger partial charge in [-0.25, -0.2) is 4.39 Å². The highest BCUT2D eigenvalue weighted by molar-refractivity contribution is 5.82. The lowest BCUT2D eigenvalue weighted by Gasteiger charge is -2.14. The van der Waals surface area contributed by atoms with Crippen molar-refractivity contribution in [2.24, 2.45) is 5.73 Å². The highest BCUT2D eigenvalue weighted by Gasteiger charge is 2.31. The van der Waals surface area contributed by atoms with Crippen molar-refractivity contribution in [1.82, 2.24) is 10.2 Å². The molecule has 3 rings (SSSR count). The second kappa shape index (κ2) is 7.79. The number of H-pyrrole nitrogens is 1. The van der Waals surface area contributed by atoms with Crippen LogP contribution in [0.2, 0.25) is 0 Å². The molecule has 0 radical (unpaired) electrons. The number of aromatic amines is 1. The molecule has 4 N–H and O–H groups in total. The summed E-state index contributed by atoms with van der Waals surface area (Å²) in [4.78, 5) is 0. The van der Waals surface area contributed by atoms with E-state index in [2.05, 4.69) is 15.5 Å². The molecule has 3 aromatic rings. The van der Waals surface area contributed by atoms with Gasteiger partial charge in [0.05, 0.1) is 17.5 Å². The van der Waals surface area contributed by atoms with Crippen LogP contribution in [0.4, 0.5) is 23.2 Å². The van der Waals surface area contributed by atoms with Crippen LogP contribution in [-0.4, -0.2) is 23.3 Å². The zero-order valence-corrected chi connectivity index (χ0v) is 14.3. The van der Waals surface area contributed by atoms with Crippen molar-refractivity contribution in [2.75, 3.05) is 18.4 Å². The van der Waals surface area contributed by atoms with Crippen LogP contribution in [0.3, 0.4) is 0 Å². The summed E-state index contributed by atoms with van der Waals surface area (Å²) in [5.74, 6) is -0.398. The molecule has 0 atom stereocenters. The van der Waals surface area contributed by atoms with Crippen LogP contribution in [0.25, 0.3) is 22.4 Å². The largest absolute Gasteiger partial charge is 0.416 e. The number of nitrogens with one attached hydrogen (secondary N) is 2. The molecule has 27 heavy (non-hydrogen) atoms. The van der Waals surface area contributed by atoms with E-state index in [4.69, 9.17) is 5.73 Å². The quantitative estimate of drug-likeness (QED) is 0.432. The summed E-state index contributed by atoms with van der Waals surface area (Å²) in [6, 6.07) is 9.42. The van der Waals surface area contributed by atoms with Crippen molar-refractivity contribution >= 4 is 5.69 Å². The molecule has 142 valence electrons. The van der Waals surface area contributed by atoms with Gasteiger partial charge in [0.25, 0.3) is 0 Å². The lowest BCUT2D eigenvalue weighted by atomic mass is 9.99. The van der Waals surface area contributed by atoms with Gasteiger partial charge in [0.2, 0.25) is 0 Å². The SMILES string of the molecule is NCCCNc1cc(-c2cn[nH]c2-c2ccc(F)cc2)cc(C(F)(F)F)c1. The van der Waals surface area contributed by atoms with E-state index in [1.54, 1.807) is 18.2 Å². The molecule has 0 bridgehead atoms. The molecule has 1 aromatic heterocycles. The Labute approximate surface area is 153 Å². The van der Waals surface area contributed by atoms with Crippen molar-refractivity contribution in [1.29, 1.82) is 0 Å². The number of alkyl halides is 3. The summed E-state index contributed by atoms with van der Waals surface area (Å²) in [5.41, 5.74) is 7.01. The minimum atomic E-state index is -4.49. The van der Waals surface area contributed by atoms with Crippen LogP contribution >= 0.6 is 0 Å². The smallest absolute Gasteiger partial charge is 0.385 e. The summed E-state index contributed by atoms with van der Waals surface area (Å²) in [6.45, 7) is 0.905. The molecule has 0 spiro atoms. The number of halogens is 4. The number of aromatic nitrogens is 2. The average Bonchev–Trinajstić information content (AvgIpc) is 3.11. The standard InChI is InChI=1S/C19H18F4N4/c20-15-4-2-12(3-5-15)18-17(11-26-27-18)13-8-14(19(21,22)23)10-16(9-13)25-7-1-6-24/h2-5,8-11,25H,1,6-7,24H2,(H,26,27). The Balaban J connectivity index is 2.04. The molecular formula is C19H18F4N4. The average molecular weight is 378 g/mol. The minimum Gasteiger partial charge on any atom is -0.385 e. The normalized spacial score (nSPS) is 11.6. The van der Waals surface area contributed by atoms with Gasteiger partial charge in [-0.2, -0.15) is 18.3 Å². The van der Waals surface area contributed by atoms with Crippen molar-refractivity contribution in [3.63, 3.8) is 0 Å². The number of rotatable bonds is 6. The number of nitrogens with two attached hydrogens (primary N) is 1. The molecule has 2 aromatic carbocycles. The molecule has 0 unspecified atom stereocenters. The maximum absolute atomic E-state index is 13.3. The second-order valence-electron chi connectivity index (χ2n) is 6.03. The molecule has 0 aliphatic heterocycles. The summed E-state index contributed by atoms with van der Waals surface area (Å²) < 4.78 is 53.2. The van der Waals surface area contributed by atoms with Crippen molar-refractivity contribution in [3.05, 3.63) is 60.0 Å². The third kappa shape index (κ3) is 4.46. The molecule has 4 nitrogen and oxygen atoms in total. The van der Waals surface area contributed by atoms with Crippen molar-refractivity contribution in [3.8, 4) is 22.4 Å². The van der Waals surface area contributed by atoms with Gasteiger partial charge in [-0.15, -0.1) is 0 Å². The molecule has 0 amide bonds. The second-order valence-corrected chi connectivity index (χ2v) is 6.03. The van der Waals surface area contributed by atoms with Gasteiger partial charge < -0.3 is 11.1 Å². The molecule has 8 heteroatoms. The fraction of sp³-hybridized carbons (Fsp3) is 0.211. The third-order valence-corrected chi connectivity index (χ3v) is 4.05. The Hall–Kier alpha value is -2.87. The lowest BCUT2D eigenvalue weighted by Crippen LogP contribution is -2.10. The topological polar surface area (TPSA) is 66.7 Å². The van der Waals surface area contributed by atoms with Crippen molar-refractivity contribution < 1.29 is 17.6 Å². The highest BCUT2D eigenvalue weighted by Crippen LogP contribution is 2.37. The van der Waals surface area contributed by atoms with E-state index in [9.17, 15) is 17.6 Å². The first-order valence-corrected chi connectivity index (χ1v) is 8.34. The molecule has 0 aliphatic carbocycles. The third-order valence-electron chi connectivity index (χ3n) is 4.05. The van der Waals surface area contributed by atoms with Crippen LogP contribution in [0.15, 0.2) is 48.7 Å². The molecular weight excluding hydrogens is 360 g/mol. The van der Waals surface area contributed by atoms with Crippen LogP contribution < -0.4 is 11.1 Å². The summed E-state index contributed by atoms with van der Waals surface area (Å²) in [6.07, 6.45) is -2.39. The molecule has 1 heterocycles. The number of hydrogen-bond acceptors (Lipinski definition) is 3. The fourth-order valence-corrected chi connectivity index (χ4v) is 2.73. The maximum Gasteiger partial charge on any atom is 0.416 e. The summed E-state index contributed by atoms with van der Waals surface area (Å²) in [7, 11) is 0. The van der Waals surface area contributed by atoms with Gasteiger partial charge in [-0.1, -0.05) is 0 Å². The van der Waals surface area contributed by atoms with Gasteiger partial charge in [-0.3, -0.25) is 5.10 Å². The fourth-order valence-electron chi connectivity index (χ4n) is 2.73. The zero-order valence-electron chi connectivity index (χ0n) is 14.3. The summed E-state index contributed by atoms with van der Waals surface area (Å²) in [5, 5.41) is 9.70. The van der Waals surface area contributed by atoms with Gasteiger partial charge in [-0.05, 0) is 61.0 Å². The van der Waals surface area contributed by atoms with Crippen LogP contribution in [0.5, 0.6) is 0 Å². The van der Waals surface area contributed by atoms with Crippen LogP contribution in [-0.2, 0) is 6.18 Å². The molecule has 0 saturated heterocycles. The van der Waals surface area contributed by atoms with E-state index in [-0.39, 0.29) is 0 Å². The first kappa shape index (κ1) is 18.9. The first-order valence-electron chi connectivity index (χ1n) is 8.34. The Kier molecular flexibility index (Phi) is 5.46. The number of nitrogens with zero attached hydrogens (tertiary/aromatic N) is 1. The number of benzene rings is 2. The first-order chi connectivity index (χ1) is 12.9. The molecule has 0 fully saturated rings. The Morgan fingerprint density at radius 3 is 2.44 bits per heavy atom. The minimum absolute atomic E-state index is 0.347. The Bertz CT molecular complexity index is 901. The van der Waals surface area contributed by atoms with Gasteiger partial charge in [0, 0.05) is 23.4 Å². The zero-order chi connectivity index (χ0) is 19.4. The Morgan fingerprint density at radius 1 is 1.04 bits per heavy atom. The summed E-state index contributed by atoms with van der Waals surface area (Å²) >= 11 is 0. The number of anilines is 1. The molecule has 0 saturated carbocycles. The van der Waals surface area contributed by atoms with E-state index in [1.165, 1.54) is 18.3 Å². The highest BCUT2D eigenvalue weighted by atomic mass is 19.4. The van der Waals surface area contributed by atoms with Gasteiger partial charge in [0.15, 0.2) is 0 Å². The van der Waals surface area contributed by atoms with Gasteiger partial charge in [0.1, 0.15) is 5.82 Å². The maximum atomic E-state index is 13.3. The lowest BCUT2D eigenvalue weighted by molar-refractivity contribution is -0.137. The number of hydrogen-bond donors (Lipinski definition) is 3. The van der Waals surface area contributed by atoms with Gasteiger partial charge >= 0.3 is 6.18 Å². The predicted octanol–water partition coefficient (Wildman–Crippen LogP) is 4.66. The predicted molar refractivity (Wildman–Crippen MR) is 96.6 cm³/mol. The molecule has 0 aliphatic rings. The van der Waals surface area contributed by atoms with E-state index < -0.39 is 17.6 Å². The van der Waals surface area contributed by atoms with E-state index in [1.807, 2.05) is 0 Å². The van der Waals surface area contributed by atoms with E-state index in [0.717, 1.165) is 12.1 Å². The van der Waals surface area contributed by atoms with Crippen LogP contribution in [0.1, 0.15) is 12.0 Å². The van der Waals surface area contributed by atoms with Crippen molar-refractivity contribution in [2.45, 2.75) is 12.6 Å². The monoisotopic (exact) mass is 378 g/mol. The van der Waals surface area contributed by atoms with Crippen LogP contribution in [0, 0.1) is 5.82 Å². The van der Waals surface area contributed by atoms with E-state index in [0.29, 0.717) is 47.6 Å². The van der Waals surface area contributed by atoms with E-state index >= 15 is 0 Å².